The molecule has 3 aromatic carbocycles. The number of fused-ring (bicyclic) bond motifs is 1. The van der Waals surface area contributed by atoms with Crippen molar-refractivity contribution >= 4 is 27.1 Å². The Kier molecular flexibility index (Phi) is 6.73. The van der Waals surface area contributed by atoms with E-state index in [0.29, 0.717) is 47.2 Å². The molecule has 0 radical (unpaired) electrons. The summed E-state index contributed by atoms with van der Waals surface area (Å²) in [4.78, 5) is 31.3. The second-order valence-corrected chi connectivity index (χ2v) is 9.00. The van der Waals surface area contributed by atoms with E-state index in [1.54, 1.807) is 11.6 Å². The fraction of sp³-hybridized carbons (Fsp3) is 0.148. The molecule has 0 spiro atoms. The lowest BCUT2D eigenvalue weighted by molar-refractivity contribution is 0.255. The van der Waals surface area contributed by atoms with Gasteiger partial charge >= 0.3 is 5.69 Å². The highest BCUT2D eigenvalue weighted by Crippen LogP contribution is 2.31. The monoisotopic (exact) mass is 546 g/mol. The molecule has 0 amide bonds. The number of imidazole rings is 1. The van der Waals surface area contributed by atoms with Gasteiger partial charge in [-0.3, -0.25) is 14.3 Å². The molecule has 182 valence electrons. The van der Waals surface area contributed by atoms with Crippen LogP contribution in [0.15, 0.2) is 93.2 Å². The van der Waals surface area contributed by atoms with Gasteiger partial charge in [0.25, 0.3) is 5.56 Å². The minimum atomic E-state index is -0.513. The van der Waals surface area contributed by atoms with Crippen LogP contribution in [0.5, 0.6) is 11.5 Å². The van der Waals surface area contributed by atoms with Crippen LogP contribution in [0.4, 0.5) is 0 Å². The Hall–Kier alpha value is -4.11. The Balaban J connectivity index is 1.47. The highest BCUT2D eigenvalue weighted by atomic mass is 79.9. The van der Waals surface area contributed by atoms with Crippen molar-refractivity contribution in [3.63, 3.8) is 0 Å². The summed E-state index contributed by atoms with van der Waals surface area (Å²) in [5.74, 6) is 1.21. The molecule has 0 aliphatic heterocycles. The van der Waals surface area contributed by atoms with Crippen molar-refractivity contribution in [3.05, 3.63) is 121 Å². The summed E-state index contributed by atoms with van der Waals surface area (Å²) in [6.07, 6.45) is 0. The summed E-state index contributed by atoms with van der Waals surface area (Å²) in [7, 11) is 1.57. The van der Waals surface area contributed by atoms with E-state index < -0.39 is 11.2 Å². The number of nitrogens with one attached hydrogen (secondary N) is 1. The number of benzene rings is 3. The molecule has 0 fully saturated rings. The molecular weight excluding hydrogens is 524 g/mol. The van der Waals surface area contributed by atoms with Crippen molar-refractivity contribution in [1.29, 1.82) is 0 Å². The summed E-state index contributed by atoms with van der Waals surface area (Å²) >= 11 is 3.43. The molecule has 0 aliphatic rings. The molecule has 0 saturated heterocycles. The van der Waals surface area contributed by atoms with Crippen LogP contribution < -0.4 is 20.7 Å². The molecule has 2 aromatic heterocycles. The second kappa shape index (κ2) is 10.2. The van der Waals surface area contributed by atoms with Gasteiger partial charge in [-0.05, 0) is 44.8 Å². The lowest BCUT2D eigenvalue weighted by atomic mass is 10.2. The first-order valence-corrected chi connectivity index (χ1v) is 12.1. The Labute approximate surface area is 214 Å². The van der Waals surface area contributed by atoms with Gasteiger partial charge in [0.05, 0.1) is 6.54 Å². The van der Waals surface area contributed by atoms with E-state index in [0.717, 1.165) is 16.7 Å². The van der Waals surface area contributed by atoms with Gasteiger partial charge in [-0.2, -0.15) is 0 Å². The van der Waals surface area contributed by atoms with E-state index in [4.69, 9.17) is 9.47 Å². The minimum absolute atomic E-state index is 0.305. The zero-order valence-electron chi connectivity index (χ0n) is 19.5. The third-order valence-electron chi connectivity index (χ3n) is 5.78. The number of nitrogens with zero attached hydrogens (tertiary/aromatic N) is 3. The number of aryl methyl sites for hydroxylation is 1. The topological polar surface area (TPSA) is 91.1 Å². The van der Waals surface area contributed by atoms with Gasteiger partial charge in [0.1, 0.15) is 13.2 Å². The number of aromatic nitrogens is 4. The van der Waals surface area contributed by atoms with Gasteiger partial charge in [-0.25, -0.2) is 9.78 Å². The van der Waals surface area contributed by atoms with Gasteiger partial charge in [0.15, 0.2) is 27.4 Å². The first kappa shape index (κ1) is 23.6. The van der Waals surface area contributed by atoms with Crippen molar-refractivity contribution in [1.82, 2.24) is 19.1 Å². The standard InChI is InChI=1S/C27H23BrN4O4/c1-31-24-23(25(33)30-27(31)34)32(26(28)29-24)15-20-12-13-21(35-16-18-8-4-2-5-9-18)22(14-20)36-17-19-10-6-3-7-11-19/h2-14H,15-17H2,1H3,(H,30,33,34). The Morgan fingerprint density at radius 1 is 0.833 bits per heavy atom. The molecule has 0 aliphatic carbocycles. The first-order chi connectivity index (χ1) is 17.5. The van der Waals surface area contributed by atoms with Crippen LogP contribution in [-0.2, 0) is 26.8 Å². The molecule has 9 heteroatoms. The van der Waals surface area contributed by atoms with Crippen molar-refractivity contribution in [2.24, 2.45) is 7.05 Å². The number of hydrogen-bond acceptors (Lipinski definition) is 5. The van der Waals surface area contributed by atoms with Gasteiger partial charge in [0.2, 0.25) is 0 Å². The predicted molar refractivity (Wildman–Crippen MR) is 140 cm³/mol. The molecule has 2 heterocycles. The highest BCUT2D eigenvalue weighted by molar-refractivity contribution is 9.10. The SMILES string of the molecule is Cn1c(=O)[nH]c(=O)c2c1nc(Br)n2Cc1ccc(OCc2ccccc2)c(OCc2ccccc2)c1. The number of aromatic amines is 1. The summed E-state index contributed by atoms with van der Waals surface area (Å²) in [5.41, 5.74) is 2.57. The van der Waals surface area contributed by atoms with E-state index in [9.17, 15) is 9.59 Å². The van der Waals surface area contributed by atoms with Gasteiger partial charge in [0, 0.05) is 7.05 Å². The Bertz CT molecular complexity index is 1630. The lowest BCUT2D eigenvalue weighted by Crippen LogP contribution is -2.29. The molecule has 5 aromatic rings. The highest BCUT2D eigenvalue weighted by Gasteiger charge is 2.17. The molecule has 0 bridgehead atoms. The fourth-order valence-corrected chi connectivity index (χ4v) is 4.36. The zero-order valence-corrected chi connectivity index (χ0v) is 21.1. The number of hydrogen-bond donors (Lipinski definition) is 1. The zero-order chi connectivity index (χ0) is 25.1. The molecule has 0 unspecified atom stereocenters. The summed E-state index contributed by atoms with van der Waals surface area (Å²) in [6, 6.07) is 25.5. The molecule has 8 nitrogen and oxygen atoms in total. The van der Waals surface area contributed by atoms with Crippen LogP contribution in [-0.4, -0.2) is 19.1 Å². The van der Waals surface area contributed by atoms with Crippen molar-refractivity contribution in [3.8, 4) is 11.5 Å². The second-order valence-electron chi connectivity index (χ2n) is 8.29. The quantitative estimate of drug-likeness (QED) is 0.291. The van der Waals surface area contributed by atoms with Gasteiger partial charge in [-0.15, -0.1) is 0 Å². The summed E-state index contributed by atoms with van der Waals surface area (Å²) < 4.78 is 15.7. The normalized spacial score (nSPS) is 11.1. The van der Waals surface area contributed by atoms with E-state index in [-0.39, 0.29) is 0 Å². The van der Waals surface area contributed by atoms with Crippen LogP contribution in [0, 0.1) is 0 Å². The number of halogens is 1. The Morgan fingerprint density at radius 2 is 1.44 bits per heavy atom. The van der Waals surface area contributed by atoms with Crippen LogP contribution in [0.1, 0.15) is 16.7 Å². The third-order valence-corrected chi connectivity index (χ3v) is 6.39. The smallest absolute Gasteiger partial charge is 0.329 e. The van der Waals surface area contributed by atoms with Gasteiger partial charge in [-0.1, -0.05) is 66.7 Å². The largest absolute Gasteiger partial charge is 0.485 e. The fourth-order valence-electron chi connectivity index (χ4n) is 3.89. The van der Waals surface area contributed by atoms with Crippen molar-refractivity contribution in [2.45, 2.75) is 19.8 Å². The summed E-state index contributed by atoms with van der Waals surface area (Å²) in [6.45, 7) is 1.12. The molecule has 36 heavy (non-hydrogen) atoms. The maximum atomic E-state index is 12.6. The average molecular weight is 547 g/mol. The predicted octanol–water partition coefficient (Wildman–Crippen LogP) is 4.39. The summed E-state index contributed by atoms with van der Waals surface area (Å²) in [5, 5.41) is 0. The first-order valence-electron chi connectivity index (χ1n) is 11.3. The van der Waals surface area contributed by atoms with Gasteiger partial charge < -0.3 is 14.0 Å². The Morgan fingerprint density at radius 3 is 2.08 bits per heavy atom. The van der Waals surface area contributed by atoms with E-state index in [1.807, 2.05) is 78.9 Å². The van der Waals surface area contributed by atoms with Crippen LogP contribution >= 0.6 is 15.9 Å². The molecular formula is C27H23BrN4O4. The third kappa shape index (κ3) is 4.96. The number of ether oxygens (including phenoxy) is 2. The maximum Gasteiger partial charge on any atom is 0.329 e. The van der Waals surface area contributed by atoms with E-state index in [1.165, 1.54) is 4.57 Å². The van der Waals surface area contributed by atoms with E-state index in [2.05, 4.69) is 25.9 Å². The number of rotatable bonds is 8. The van der Waals surface area contributed by atoms with Crippen LogP contribution in [0.2, 0.25) is 0 Å². The molecule has 5 rings (SSSR count). The molecule has 1 N–H and O–H groups in total. The molecule has 0 atom stereocenters. The van der Waals surface area contributed by atoms with E-state index >= 15 is 0 Å². The maximum absolute atomic E-state index is 12.6. The van der Waals surface area contributed by atoms with Crippen LogP contribution in [0.3, 0.4) is 0 Å². The molecule has 0 saturated carbocycles. The van der Waals surface area contributed by atoms with Crippen molar-refractivity contribution in [2.75, 3.05) is 0 Å². The lowest BCUT2D eigenvalue weighted by Gasteiger charge is -2.15. The minimum Gasteiger partial charge on any atom is -0.485 e. The van der Waals surface area contributed by atoms with Crippen LogP contribution in [0.25, 0.3) is 11.2 Å². The van der Waals surface area contributed by atoms with Crippen molar-refractivity contribution < 1.29 is 9.47 Å². The average Bonchev–Trinajstić information content (AvgIpc) is 3.23. The number of H-pyrrole nitrogens is 1.